The number of aryl methyl sites for hydroxylation is 1. The van der Waals surface area contributed by atoms with Crippen LogP contribution in [-0.4, -0.2) is 20.9 Å². The Morgan fingerprint density at radius 2 is 2.04 bits per heavy atom. The highest BCUT2D eigenvalue weighted by molar-refractivity contribution is 9.10. The lowest BCUT2D eigenvalue weighted by Crippen LogP contribution is -2.25. The molecule has 0 saturated heterocycles. The quantitative estimate of drug-likeness (QED) is 0.708. The third kappa shape index (κ3) is 4.08. The van der Waals surface area contributed by atoms with E-state index in [4.69, 9.17) is 0 Å². The standard InChI is InChI=1S/C17H14BrFN4O2/c18-11-7-8-15(13(19)10-11)20-16(24)6-3-9-23-17(25)12-4-1-2-5-14(12)21-22-23/h1-2,4-5,7-8,10H,3,6,9H2,(H,20,24). The van der Waals surface area contributed by atoms with Crippen LogP contribution in [0, 0.1) is 5.82 Å². The second kappa shape index (κ2) is 7.52. The van der Waals surface area contributed by atoms with Gasteiger partial charge in [-0.2, -0.15) is 0 Å². The van der Waals surface area contributed by atoms with Crippen LogP contribution in [0.2, 0.25) is 0 Å². The first kappa shape index (κ1) is 17.2. The second-order valence-electron chi connectivity index (χ2n) is 5.41. The average molecular weight is 405 g/mol. The van der Waals surface area contributed by atoms with Gasteiger partial charge in [-0.25, -0.2) is 9.07 Å². The highest BCUT2D eigenvalue weighted by Gasteiger charge is 2.09. The van der Waals surface area contributed by atoms with E-state index in [2.05, 4.69) is 31.6 Å². The van der Waals surface area contributed by atoms with Gasteiger partial charge in [0.15, 0.2) is 0 Å². The molecule has 6 nitrogen and oxygen atoms in total. The van der Waals surface area contributed by atoms with E-state index >= 15 is 0 Å². The van der Waals surface area contributed by atoms with Crippen LogP contribution < -0.4 is 10.9 Å². The molecule has 3 rings (SSSR count). The van der Waals surface area contributed by atoms with Crippen molar-refractivity contribution in [3.8, 4) is 0 Å². The van der Waals surface area contributed by atoms with Gasteiger partial charge >= 0.3 is 0 Å². The predicted octanol–water partition coefficient (Wildman–Crippen LogP) is 3.11. The van der Waals surface area contributed by atoms with Gasteiger partial charge in [-0.05, 0) is 36.8 Å². The summed E-state index contributed by atoms with van der Waals surface area (Å²) in [5, 5.41) is 10.8. The number of hydrogen-bond donors (Lipinski definition) is 1. The minimum atomic E-state index is -0.514. The number of carbonyl (C=O) groups excluding carboxylic acids is 1. The molecule has 0 atom stereocenters. The zero-order valence-electron chi connectivity index (χ0n) is 13.1. The molecule has 0 fully saturated rings. The fourth-order valence-electron chi connectivity index (χ4n) is 2.36. The van der Waals surface area contributed by atoms with E-state index in [0.29, 0.717) is 21.8 Å². The van der Waals surface area contributed by atoms with Gasteiger partial charge in [-0.1, -0.05) is 33.3 Å². The summed E-state index contributed by atoms with van der Waals surface area (Å²) in [5.41, 5.74) is 0.410. The third-order valence-corrected chi connectivity index (χ3v) is 4.10. The second-order valence-corrected chi connectivity index (χ2v) is 6.33. The third-order valence-electron chi connectivity index (χ3n) is 3.61. The average Bonchev–Trinajstić information content (AvgIpc) is 2.60. The summed E-state index contributed by atoms with van der Waals surface area (Å²) in [6.45, 7) is 0.257. The first-order valence-corrected chi connectivity index (χ1v) is 8.41. The van der Waals surface area contributed by atoms with Gasteiger partial charge in [0.1, 0.15) is 11.3 Å². The summed E-state index contributed by atoms with van der Waals surface area (Å²) < 4.78 is 15.5. The Morgan fingerprint density at radius 3 is 2.84 bits per heavy atom. The van der Waals surface area contributed by atoms with Crippen molar-refractivity contribution < 1.29 is 9.18 Å². The van der Waals surface area contributed by atoms with Crippen molar-refractivity contribution >= 4 is 38.4 Å². The molecule has 1 heterocycles. The van der Waals surface area contributed by atoms with Crippen molar-refractivity contribution in [2.24, 2.45) is 0 Å². The summed E-state index contributed by atoms with van der Waals surface area (Å²) in [7, 11) is 0. The van der Waals surface area contributed by atoms with E-state index in [1.54, 1.807) is 30.3 Å². The van der Waals surface area contributed by atoms with Gasteiger partial charge in [0.25, 0.3) is 5.56 Å². The number of nitrogens with zero attached hydrogens (tertiary/aromatic N) is 3. The molecule has 8 heteroatoms. The molecule has 1 aromatic heterocycles. The summed E-state index contributed by atoms with van der Waals surface area (Å²) in [4.78, 5) is 24.2. The Kier molecular flexibility index (Phi) is 5.18. The Bertz CT molecular complexity index is 990. The van der Waals surface area contributed by atoms with Crippen LogP contribution in [0.4, 0.5) is 10.1 Å². The van der Waals surface area contributed by atoms with Crippen LogP contribution in [0.15, 0.2) is 51.7 Å². The van der Waals surface area contributed by atoms with Gasteiger partial charge in [0.05, 0.1) is 11.1 Å². The predicted molar refractivity (Wildman–Crippen MR) is 95.8 cm³/mol. The number of benzene rings is 2. The number of rotatable bonds is 5. The van der Waals surface area contributed by atoms with E-state index in [9.17, 15) is 14.0 Å². The van der Waals surface area contributed by atoms with E-state index in [1.807, 2.05) is 0 Å². The van der Waals surface area contributed by atoms with Crippen LogP contribution in [0.5, 0.6) is 0 Å². The van der Waals surface area contributed by atoms with Crippen LogP contribution in [-0.2, 0) is 11.3 Å². The molecule has 0 aliphatic carbocycles. The summed E-state index contributed by atoms with van der Waals surface area (Å²) in [6.07, 6.45) is 0.521. The Hall–Kier alpha value is -2.61. The van der Waals surface area contributed by atoms with Crippen molar-refractivity contribution in [2.45, 2.75) is 19.4 Å². The molecule has 0 aliphatic heterocycles. The smallest absolute Gasteiger partial charge is 0.277 e. The first-order chi connectivity index (χ1) is 12.0. The van der Waals surface area contributed by atoms with Crippen LogP contribution >= 0.6 is 15.9 Å². The number of halogens is 2. The number of hydrogen-bond acceptors (Lipinski definition) is 4. The molecule has 3 aromatic rings. The largest absolute Gasteiger partial charge is 0.324 e. The zero-order valence-corrected chi connectivity index (χ0v) is 14.7. The molecule has 1 N–H and O–H groups in total. The fraction of sp³-hybridized carbons (Fsp3) is 0.176. The van der Waals surface area contributed by atoms with Gasteiger partial charge in [0, 0.05) is 17.4 Å². The lowest BCUT2D eigenvalue weighted by atomic mass is 10.2. The maximum absolute atomic E-state index is 13.7. The number of carbonyl (C=O) groups is 1. The molecule has 128 valence electrons. The van der Waals surface area contributed by atoms with Gasteiger partial charge in [-0.3, -0.25) is 9.59 Å². The van der Waals surface area contributed by atoms with Crippen molar-refractivity contribution in [1.82, 2.24) is 15.0 Å². The van der Waals surface area contributed by atoms with E-state index in [0.717, 1.165) is 0 Å². The van der Waals surface area contributed by atoms with Crippen LogP contribution in [0.3, 0.4) is 0 Å². The monoisotopic (exact) mass is 404 g/mol. The van der Waals surface area contributed by atoms with Crippen LogP contribution in [0.25, 0.3) is 10.9 Å². The van der Waals surface area contributed by atoms with Gasteiger partial charge in [-0.15, -0.1) is 5.10 Å². The minimum absolute atomic E-state index is 0.121. The molecule has 0 spiro atoms. The van der Waals surface area contributed by atoms with E-state index in [1.165, 1.54) is 16.8 Å². The molecule has 2 aromatic carbocycles. The molecular weight excluding hydrogens is 391 g/mol. The maximum atomic E-state index is 13.7. The Morgan fingerprint density at radius 1 is 1.24 bits per heavy atom. The molecule has 25 heavy (non-hydrogen) atoms. The highest BCUT2D eigenvalue weighted by atomic mass is 79.9. The fourth-order valence-corrected chi connectivity index (χ4v) is 2.70. The first-order valence-electron chi connectivity index (χ1n) is 7.62. The SMILES string of the molecule is O=C(CCCn1nnc2ccccc2c1=O)Nc1ccc(Br)cc1F. The molecule has 0 unspecified atom stereocenters. The zero-order chi connectivity index (χ0) is 17.8. The lowest BCUT2D eigenvalue weighted by Gasteiger charge is -2.07. The normalized spacial score (nSPS) is 10.8. The lowest BCUT2D eigenvalue weighted by molar-refractivity contribution is -0.116. The number of anilines is 1. The Balaban J connectivity index is 1.60. The molecule has 0 bridgehead atoms. The summed E-state index contributed by atoms with van der Waals surface area (Å²) in [6, 6.07) is 11.3. The van der Waals surface area contributed by atoms with Crippen molar-refractivity contribution in [3.63, 3.8) is 0 Å². The number of aromatic nitrogens is 3. The van der Waals surface area contributed by atoms with E-state index < -0.39 is 5.82 Å². The molecule has 1 amide bonds. The minimum Gasteiger partial charge on any atom is -0.324 e. The van der Waals surface area contributed by atoms with Crippen molar-refractivity contribution in [2.75, 3.05) is 5.32 Å². The summed E-state index contributed by atoms with van der Waals surface area (Å²) >= 11 is 3.16. The summed E-state index contributed by atoms with van der Waals surface area (Å²) in [5.74, 6) is -0.845. The van der Waals surface area contributed by atoms with E-state index in [-0.39, 0.29) is 30.1 Å². The molecule has 0 saturated carbocycles. The number of amides is 1. The highest BCUT2D eigenvalue weighted by Crippen LogP contribution is 2.19. The van der Waals surface area contributed by atoms with Gasteiger partial charge in [0.2, 0.25) is 5.91 Å². The number of fused-ring (bicyclic) bond motifs is 1. The topological polar surface area (TPSA) is 76.9 Å². The Labute approximate surface area is 150 Å². The molecule has 0 radical (unpaired) electrons. The van der Waals surface area contributed by atoms with Gasteiger partial charge < -0.3 is 5.32 Å². The van der Waals surface area contributed by atoms with Crippen molar-refractivity contribution in [3.05, 3.63) is 63.1 Å². The number of nitrogens with one attached hydrogen (secondary N) is 1. The van der Waals surface area contributed by atoms with Crippen molar-refractivity contribution in [1.29, 1.82) is 0 Å². The molecule has 0 aliphatic rings. The maximum Gasteiger partial charge on any atom is 0.277 e. The van der Waals surface area contributed by atoms with Crippen LogP contribution in [0.1, 0.15) is 12.8 Å². The molecular formula is C17H14BrFN4O2.